The summed E-state index contributed by atoms with van der Waals surface area (Å²) >= 11 is 0. The van der Waals surface area contributed by atoms with Crippen molar-refractivity contribution in [3.8, 4) is 11.4 Å². The Morgan fingerprint density at radius 3 is 2.58 bits per heavy atom. The van der Waals surface area contributed by atoms with Gasteiger partial charge in [0.1, 0.15) is 10.6 Å². The Morgan fingerprint density at radius 2 is 2.00 bits per heavy atom. The van der Waals surface area contributed by atoms with Gasteiger partial charge in [0.2, 0.25) is 0 Å². The molecule has 1 aromatic carbocycles. The summed E-state index contributed by atoms with van der Waals surface area (Å²) in [6, 6.07) is 8.27. The van der Waals surface area contributed by atoms with E-state index in [2.05, 4.69) is 22.5 Å². The third-order valence-corrected chi connectivity index (χ3v) is 9.60. The minimum Gasteiger partial charge on any atom is -0.394 e. The van der Waals surface area contributed by atoms with Crippen molar-refractivity contribution >= 4 is 27.4 Å². The summed E-state index contributed by atoms with van der Waals surface area (Å²) in [5.41, 5.74) is 1.84. The molecular formula is C25H35N5O5S. The van der Waals surface area contributed by atoms with Crippen LogP contribution in [0.5, 0.6) is 0 Å². The highest BCUT2D eigenvalue weighted by molar-refractivity contribution is 7.92. The minimum absolute atomic E-state index is 0.0625. The van der Waals surface area contributed by atoms with Crippen molar-refractivity contribution in [1.82, 2.24) is 15.3 Å². The van der Waals surface area contributed by atoms with Gasteiger partial charge in [-0.15, -0.1) is 0 Å². The lowest BCUT2D eigenvalue weighted by molar-refractivity contribution is 0.0985. The SMILES string of the molecule is CCS(=O)(=O)C1(c2cc(N3CCOC[C@@H]3C)nc(-c3ccc(NC(=O)N[C@@H](C)CO)cc3)n2)CCC1. The van der Waals surface area contributed by atoms with Gasteiger partial charge in [0.25, 0.3) is 0 Å². The lowest BCUT2D eigenvalue weighted by atomic mass is 9.81. The first kappa shape index (κ1) is 26.3. The first-order valence-electron chi connectivity index (χ1n) is 12.4. The van der Waals surface area contributed by atoms with Gasteiger partial charge in [-0.05, 0) is 57.4 Å². The molecule has 36 heavy (non-hydrogen) atoms. The molecule has 2 aromatic rings. The maximum atomic E-state index is 13.2. The number of amides is 2. The summed E-state index contributed by atoms with van der Waals surface area (Å²) < 4.78 is 31.0. The Bertz CT molecular complexity index is 1180. The van der Waals surface area contributed by atoms with Crippen molar-refractivity contribution in [2.24, 2.45) is 0 Å². The first-order valence-corrected chi connectivity index (χ1v) is 14.1. The fraction of sp³-hybridized carbons (Fsp3) is 0.560. The van der Waals surface area contributed by atoms with Crippen molar-refractivity contribution in [2.45, 2.75) is 56.9 Å². The van der Waals surface area contributed by atoms with Crippen LogP contribution in [0.2, 0.25) is 0 Å². The summed E-state index contributed by atoms with van der Waals surface area (Å²) in [5, 5.41) is 14.5. The van der Waals surface area contributed by atoms with Crippen molar-refractivity contribution < 1.29 is 23.1 Å². The van der Waals surface area contributed by atoms with E-state index in [0.29, 0.717) is 55.6 Å². The van der Waals surface area contributed by atoms with Crippen LogP contribution in [-0.4, -0.2) is 73.7 Å². The largest absolute Gasteiger partial charge is 0.394 e. The van der Waals surface area contributed by atoms with E-state index in [1.54, 1.807) is 38.1 Å². The zero-order chi connectivity index (χ0) is 25.9. The topological polar surface area (TPSA) is 134 Å². The van der Waals surface area contributed by atoms with E-state index >= 15 is 0 Å². The number of urea groups is 1. The van der Waals surface area contributed by atoms with Gasteiger partial charge in [-0.3, -0.25) is 0 Å². The second-order valence-corrected chi connectivity index (χ2v) is 12.2. The van der Waals surface area contributed by atoms with Gasteiger partial charge in [0.15, 0.2) is 15.7 Å². The molecule has 10 nitrogen and oxygen atoms in total. The lowest BCUT2D eigenvalue weighted by Crippen LogP contribution is -2.46. The molecule has 2 amide bonds. The number of anilines is 2. The third kappa shape index (κ3) is 5.18. The molecule has 2 atom stereocenters. The van der Waals surface area contributed by atoms with Crippen molar-refractivity contribution in [1.29, 1.82) is 0 Å². The van der Waals surface area contributed by atoms with Gasteiger partial charge in [0, 0.05) is 29.6 Å². The molecule has 0 radical (unpaired) electrons. The molecular weight excluding hydrogens is 482 g/mol. The van der Waals surface area contributed by atoms with E-state index in [9.17, 15) is 13.2 Å². The Labute approximate surface area is 212 Å². The molecule has 1 aromatic heterocycles. The summed E-state index contributed by atoms with van der Waals surface area (Å²) in [6.45, 7) is 7.11. The predicted molar refractivity (Wildman–Crippen MR) is 139 cm³/mol. The van der Waals surface area contributed by atoms with Gasteiger partial charge < -0.3 is 25.4 Å². The molecule has 0 spiro atoms. The Hall–Kier alpha value is -2.76. The highest BCUT2D eigenvalue weighted by Crippen LogP contribution is 2.48. The second-order valence-electron chi connectivity index (χ2n) is 9.56. The molecule has 1 saturated heterocycles. The molecule has 0 unspecified atom stereocenters. The standard InChI is InChI=1S/C25H35N5O5S/c1-4-36(33,34)25(10-5-11-25)21-14-22(30-12-13-35-16-18(30)3)29-23(28-21)19-6-8-20(9-7-19)27-24(32)26-17(2)15-31/h6-9,14,17-18,31H,4-5,10-13,15-16H2,1-3H3,(H2,26,27,32)/t17-,18-/m0/s1. The number of ether oxygens (including phenoxy) is 1. The van der Waals surface area contributed by atoms with Gasteiger partial charge >= 0.3 is 6.03 Å². The molecule has 0 bridgehead atoms. The normalized spacial score (nSPS) is 20.3. The Balaban J connectivity index is 1.70. The zero-order valence-corrected chi connectivity index (χ0v) is 21.8. The first-order chi connectivity index (χ1) is 17.2. The second kappa shape index (κ2) is 10.7. The number of sulfone groups is 1. The third-order valence-electron chi connectivity index (χ3n) is 7.03. The fourth-order valence-electron chi connectivity index (χ4n) is 4.65. The average molecular weight is 518 g/mol. The van der Waals surface area contributed by atoms with Crippen LogP contribution in [-0.2, 0) is 19.3 Å². The minimum atomic E-state index is -3.37. The Morgan fingerprint density at radius 1 is 1.28 bits per heavy atom. The Kier molecular flexibility index (Phi) is 7.82. The van der Waals surface area contributed by atoms with E-state index in [-0.39, 0.29) is 24.4 Å². The maximum Gasteiger partial charge on any atom is 0.319 e. The number of aliphatic hydroxyl groups excluding tert-OH is 1. The summed E-state index contributed by atoms with van der Waals surface area (Å²) in [5.74, 6) is 1.21. The smallest absolute Gasteiger partial charge is 0.319 e. The quantitative estimate of drug-likeness (QED) is 0.487. The van der Waals surface area contributed by atoms with Crippen LogP contribution in [0.3, 0.4) is 0 Å². The number of hydrogen-bond donors (Lipinski definition) is 3. The number of carbonyl (C=O) groups excluding carboxylic acids is 1. The van der Waals surface area contributed by atoms with Gasteiger partial charge in [-0.2, -0.15) is 0 Å². The lowest BCUT2D eigenvalue weighted by Gasteiger charge is -2.41. The molecule has 196 valence electrons. The van der Waals surface area contributed by atoms with Gasteiger partial charge in [-0.1, -0.05) is 6.92 Å². The number of nitrogens with one attached hydrogen (secondary N) is 2. The van der Waals surface area contributed by atoms with E-state index in [0.717, 1.165) is 12.0 Å². The van der Waals surface area contributed by atoms with Crippen LogP contribution in [0.25, 0.3) is 11.4 Å². The molecule has 2 aliphatic rings. The van der Waals surface area contributed by atoms with E-state index in [1.165, 1.54) is 0 Å². The number of carbonyl (C=O) groups is 1. The molecule has 2 fully saturated rings. The van der Waals surface area contributed by atoms with Crippen LogP contribution < -0.4 is 15.5 Å². The van der Waals surface area contributed by atoms with Crippen LogP contribution >= 0.6 is 0 Å². The summed E-state index contributed by atoms with van der Waals surface area (Å²) in [6.07, 6.45) is 1.96. The number of nitrogens with zero attached hydrogens (tertiary/aromatic N) is 3. The number of rotatable bonds is 8. The zero-order valence-electron chi connectivity index (χ0n) is 21.0. The van der Waals surface area contributed by atoms with E-state index < -0.39 is 20.6 Å². The maximum absolute atomic E-state index is 13.2. The molecule has 1 aliphatic heterocycles. The number of aliphatic hydroxyl groups is 1. The number of aromatic nitrogens is 2. The monoisotopic (exact) mass is 517 g/mol. The highest BCUT2D eigenvalue weighted by atomic mass is 32.2. The predicted octanol–water partition coefficient (Wildman–Crippen LogP) is 2.68. The van der Waals surface area contributed by atoms with Crippen molar-refractivity contribution in [3.05, 3.63) is 36.0 Å². The number of benzene rings is 1. The van der Waals surface area contributed by atoms with Gasteiger partial charge in [-0.25, -0.2) is 23.2 Å². The number of morpholine rings is 1. The van der Waals surface area contributed by atoms with Crippen LogP contribution in [0.1, 0.15) is 45.7 Å². The number of hydrogen-bond acceptors (Lipinski definition) is 8. The molecule has 1 aliphatic carbocycles. The average Bonchev–Trinajstić information content (AvgIpc) is 2.83. The molecule has 4 rings (SSSR count). The van der Waals surface area contributed by atoms with Crippen LogP contribution in [0.15, 0.2) is 30.3 Å². The van der Waals surface area contributed by atoms with E-state index in [1.807, 2.05) is 6.07 Å². The van der Waals surface area contributed by atoms with Gasteiger partial charge in [0.05, 0.1) is 37.6 Å². The summed E-state index contributed by atoms with van der Waals surface area (Å²) in [7, 11) is -3.37. The fourth-order valence-corrected chi connectivity index (χ4v) is 6.54. The van der Waals surface area contributed by atoms with Crippen LogP contribution in [0, 0.1) is 0 Å². The van der Waals surface area contributed by atoms with Crippen molar-refractivity contribution in [2.75, 3.05) is 42.3 Å². The van der Waals surface area contributed by atoms with Crippen molar-refractivity contribution in [3.63, 3.8) is 0 Å². The molecule has 3 N–H and O–H groups in total. The van der Waals surface area contributed by atoms with Crippen LogP contribution in [0.4, 0.5) is 16.3 Å². The molecule has 2 heterocycles. The molecule has 11 heteroatoms. The highest BCUT2D eigenvalue weighted by Gasteiger charge is 2.51. The van der Waals surface area contributed by atoms with E-state index in [4.69, 9.17) is 19.8 Å². The summed E-state index contributed by atoms with van der Waals surface area (Å²) in [4.78, 5) is 23.9. The molecule has 1 saturated carbocycles.